The Kier molecular flexibility index (Phi) is 3.20. The molecule has 1 aromatic heterocycles. The maximum absolute atomic E-state index is 8.83. The zero-order chi connectivity index (χ0) is 13.1. The molecule has 0 saturated heterocycles. The molecule has 2 aromatic rings. The molecule has 1 aromatic carbocycles. The quantitative estimate of drug-likeness (QED) is 0.888. The summed E-state index contributed by atoms with van der Waals surface area (Å²) in [6, 6.07) is 7.96. The van der Waals surface area contributed by atoms with Crippen LogP contribution in [0.3, 0.4) is 0 Å². The van der Waals surface area contributed by atoms with Crippen LogP contribution in [0, 0.1) is 18.3 Å². The summed E-state index contributed by atoms with van der Waals surface area (Å²) in [5.41, 5.74) is 8.13. The summed E-state index contributed by atoms with van der Waals surface area (Å²) in [6.45, 7) is 2.53. The van der Waals surface area contributed by atoms with Crippen LogP contribution < -0.4 is 10.5 Å². The molecular weight excluding hydrogens is 228 g/mol. The van der Waals surface area contributed by atoms with Gasteiger partial charge in [-0.05, 0) is 18.6 Å². The monoisotopic (exact) mass is 242 g/mol. The van der Waals surface area contributed by atoms with E-state index < -0.39 is 0 Å². The van der Waals surface area contributed by atoms with E-state index in [0.717, 1.165) is 16.9 Å². The van der Waals surface area contributed by atoms with Gasteiger partial charge in [0.15, 0.2) is 5.82 Å². The molecule has 0 fully saturated rings. The van der Waals surface area contributed by atoms with E-state index in [0.29, 0.717) is 12.1 Å². The van der Waals surface area contributed by atoms with Crippen LogP contribution >= 0.6 is 0 Å². The second-order valence-electron chi connectivity index (χ2n) is 4.05. The summed E-state index contributed by atoms with van der Waals surface area (Å²) in [7, 11) is 1.64. The summed E-state index contributed by atoms with van der Waals surface area (Å²) < 4.78 is 6.96. The van der Waals surface area contributed by atoms with Gasteiger partial charge in [0.2, 0.25) is 0 Å². The Morgan fingerprint density at radius 1 is 1.50 bits per heavy atom. The molecule has 0 aliphatic rings. The molecule has 0 aliphatic carbocycles. The molecule has 0 bridgehead atoms. The van der Waals surface area contributed by atoms with Crippen LogP contribution in [0.4, 0.5) is 5.82 Å². The minimum absolute atomic E-state index is 0.253. The molecule has 92 valence electrons. The lowest BCUT2D eigenvalue weighted by Crippen LogP contribution is -2.03. The second-order valence-corrected chi connectivity index (χ2v) is 4.05. The Morgan fingerprint density at radius 2 is 2.28 bits per heavy atom. The number of nitrogens with two attached hydrogens (primary N) is 1. The summed E-state index contributed by atoms with van der Waals surface area (Å²) in [5.74, 6) is 1.06. The van der Waals surface area contributed by atoms with Crippen LogP contribution in [0.2, 0.25) is 0 Å². The third-order valence-electron chi connectivity index (χ3n) is 2.69. The van der Waals surface area contributed by atoms with Gasteiger partial charge in [-0.25, -0.2) is 0 Å². The third-order valence-corrected chi connectivity index (χ3v) is 2.69. The summed E-state index contributed by atoms with van der Waals surface area (Å²) in [4.78, 5) is 0. The number of hydrogen-bond donors (Lipinski definition) is 1. The molecule has 0 aliphatic heterocycles. The van der Waals surface area contributed by atoms with E-state index in [-0.39, 0.29) is 5.82 Å². The van der Waals surface area contributed by atoms with Crippen molar-refractivity contribution in [1.82, 2.24) is 9.78 Å². The molecule has 0 spiro atoms. The first-order chi connectivity index (χ1) is 8.63. The highest BCUT2D eigenvalue weighted by atomic mass is 16.5. The molecule has 0 saturated carbocycles. The number of benzene rings is 1. The lowest BCUT2D eigenvalue weighted by Gasteiger charge is -2.09. The highest BCUT2D eigenvalue weighted by Gasteiger charge is 2.08. The van der Waals surface area contributed by atoms with E-state index in [1.165, 1.54) is 0 Å². The number of hydrogen-bond acceptors (Lipinski definition) is 4. The summed E-state index contributed by atoms with van der Waals surface area (Å²) >= 11 is 0. The molecule has 5 nitrogen and oxygen atoms in total. The first-order valence-electron chi connectivity index (χ1n) is 5.50. The maximum atomic E-state index is 8.83. The Bertz CT molecular complexity index is 610. The van der Waals surface area contributed by atoms with Gasteiger partial charge in [0.25, 0.3) is 0 Å². The van der Waals surface area contributed by atoms with Crippen molar-refractivity contribution in [3.63, 3.8) is 0 Å². The highest BCUT2D eigenvalue weighted by molar-refractivity contribution is 5.46. The van der Waals surface area contributed by atoms with Crippen LogP contribution in [0.15, 0.2) is 24.4 Å². The number of nitrogens with zero attached hydrogens (tertiary/aromatic N) is 3. The zero-order valence-corrected chi connectivity index (χ0v) is 10.3. The van der Waals surface area contributed by atoms with Gasteiger partial charge in [-0.15, -0.1) is 0 Å². The smallest absolute Gasteiger partial charge is 0.163 e. The topological polar surface area (TPSA) is 76.9 Å². The van der Waals surface area contributed by atoms with Crippen LogP contribution in [0.25, 0.3) is 0 Å². The van der Waals surface area contributed by atoms with Crippen molar-refractivity contribution < 1.29 is 4.74 Å². The number of aromatic nitrogens is 2. The third kappa shape index (κ3) is 2.28. The number of anilines is 1. The normalized spacial score (nSPS) is 10.1. The molecular formula is C13H14N4O. The average Bonchev–Trinajstić information content (AvgIpc) is 2.71. The fourth-order valence-corrected chi connectivity index (χ4v) is 1.76. The number of aryl methyl sites for hydroxylation is 1. The molecule has 0 atom stereocenters. The van der Waals surface area contributed by atoms with Gasteiger partial charge in [-0.3, -0.25) is 4.68 Å². The lowest BCUT2D eigenvalue weighted by molar-refractivity contribution is 0.407. The maximum Gasteiger partial charge on any atom is 0.163 e. The number of ether oxygens (including phenoxy) is 1. The Hall–Kier alpha value is -2.48. The predicted octanol–water partition coefficient (Wildman–Crippen LogP) is 1.70. The largest absolute Gasteiger partial charge is 0.496 e. The summed E-state index contributed by atoms with van der Waals surface area (Å²) in [5, 5.41) is 12.9. The Morgan fingerprint density at radius 3 is 2.89 bits per heavy atom. The fraction of sp³-hybridized carbons (Fsp3) is 0.231. The molecule has 2 N–H and O–H groups in total. The Labute approximate surface area is 105 Å². The predicted molar refractivity (Wildman–Crippen MR) is 68.2 cm³/mol. The van der Waals surface area contributed by atoms with E-state index in [1.54, 1.807) is 18.0 Å². The van der Waals surface area contributed by atoms with E-state index in [1.807, 2.05) is 31.2 Å². The fourth-order valence-electron chi connectivity index (χ4n) is 1.76. The standard InChI is InChI=1S/C13H14N4O/c1-9-3-4-10(12(5-9)18-2)7-17-8-11(6-14)13(15)16-17/h3-5,8H,7H2,1-2H3,(H2,15,16). The highest BCUT2D eigenvalue weighted by Crippen LogP contribution is 2.21. The summed E-state index contributed by atoms with van der Waals surface area (Å²) in [6.07, 6.45) is 1.63. The van der Waals surface area contributed by atoms with Gasteiger partial charge >= 0.3 is 0 Å². The minimum atomic E-state index is 0.253. The molecule has 2 rings (SSSR count). The van der Waals surface area contributed by atoms with Gasteiger partial charge in [-0.2, -0.15) is 10.4 Å². The number of nitriles is 1. The average molecular weight is 242 g/mol. The first-order valence-corrected chi connectivity index (χ1v) is 5.50. The molecule has 18 heavy (non-hydrogen) atoms. The van der Waals surface area contributed by atoms with Crippen LogP contribution in [0.5, 0.6) is 5.75 Å². The van der Waals surface area contributed by atoms with E-state index in [2.05, 4.69) is 5.10 Å². The lowest BCUT2D eigenvalue weighted by atomic mass is 10.1. The number of methoxy groups -OCH3 is 1. The van der Waals surface area contributed by atoms with Gasteiger partial charge in [0.1, 0.15) is 17.4 Å². The van der Waals surface area contributed by atoms with Crippen molar-refractivity contribution in [1.29, 1.82) is 5.26 Å². The van der Waals surface area contributed by atoms with Crippen molar-refractivity contribution in [3.05, 3.63) is 41.1 Å². The van der Waals surface area contributed by atoms with Crippen LogP contribution in [-0.4, -0.2) is 16.9 Å². The van der Waals surface area contributed by atoms with Crippen molar-refractivity contribution in [2.75, 3.05) is 12.8 Å². The second kappa shape index (κ2) is 4.80. The molecule has 5 heteroatoms. The van der Waals surface area contributed by atoms with Crippen molar-refractivity contribution in [2.45, 2.75) is 13.5 Å². The van der Waals surface area contributed by atoms with E-state index in [4.69, 9.17) is 15.7 Å². The minimum Gasteiger partial charge on any atom is -0.496 e. The van der Waals surface area contributed by atoms with Gasteiger partial charge < -0.3 is 10.5 Å². The number of rotatable bonds is 3. The van der Waals surface area contributed by atoms with Crippen LogP contribution in [0.1, 0.15) is 16.7 Å². The van der Waals surface area contributed by atoms with Gasteiger partial charge in [0, 0.05) is 11.8 Å². The zero-order valence-electron chi connectivity index (χ0n) is 10.3. The molecule has 0 unspecified atom stereocenters. The van der Waals surface area contributed by atoms with E-state index >= 15 is 0 Å². The van der Waals surface area contributed by atoms with E-state index in [9.17, 15) is 0 Å². The first kappa shape index (κ1) is 12.0. The Balaban J connectivity index is 2.31. The molecule has 1 heterocycles. The van der Waals surface area contributed by atoms with Crippen LogP contribution in [-0.2, 0) is 6.54 Å². The van der Waals surface area contributed by atoms with Gasteiger partial charge in [-0.1, -0.05) is 12.1 Å². The van der Waals surface area contributed by atoms with Crippen molar-refractivity contribution in [3.8, 4) is 11.8 Å². The SMILES string of the molecule is COc1cc(C)ccc1Cn1cc(C#N)c(N)n1. The van der Waals surface area contributed by atoms with Crippen molar-refractivity contribution >= 4 is 5.82 Å². The molecule has 0 amide bonds. The number of nitrogen functional groups attached to an aromatic ring is 1. The molecule has 0 radical (unpaired) electrons. The van der Waals surface area contributed by atoms with Gasteiger partial charge in [0.05, 0.1) is 13.7 Å². The van der Waals surface area contributed by atoms with Crippen molar-refractivity contribution in [2.24, 2.45) is 0 Å².